The molecule has 112 valence electrons. The van der Waals surface area contributed by atoms with Crippen molar-refractivity contribution >= 4 is 23.1 Å². The van der Waals surface area contributed by atoms with Gasteiger partial charge in [0.25, 0.3) is 0 Å². The summed E-state index contributed by atoms with van der Waals surface area (Å²) < 4.78 is 6.45. The van der Waals surface area contributed by atoms with E-state index in [1.807, 2.05) is 30.3 Å². The summed E-state index contributed by atoms with van der Waals surface area (Å²) >= 11 is 1.29. The van der Waals surface area contributed by atoms with E-state index in [4.69, 9.17) is 10.5 Å². The number of ether oxygens (including phenoxy) is 1. The molecule has 2 heterocycles. The molecule has 0 saturated heterocycles. The highest BCUT2D eigenvalue weighted by atomic mass is 32.1. The van der Waals surface area contributed by atoms with E-state index in [9.17, 15) is 4.79 Å². The quantitative estimate of drug-likeness (QED) is 0.749. The largest absolute Gasteiger partial charge is 0.461 e. The number of carbonyl (C=O) groups is 1. The van der Waals surface area contributed by atoms with Crippen LogP contribution in [0.2, 0.25) is 0 Å². The van der Waals surface area contributed by atoms with E-state index in [0.717, 1.165) is 11.3 Å². The number of aromatic nitrogens is 3. The molecule has 0 atom stereocenters. The average molecular weight is 314 g/mol. The zero-order chi connectivity index (χ0) is 15.5. The van der Waals surface area contributed by atoms with E-state index in [1.54, 1.807) is 18.4 Å². The number of carbonyl (C=O) groups excluding carboxylic acids is 1. The van der Waals surface area contributed by atoms with Gasteiger partial charge in [0.1, 0.15) is 5.82 Å². The molecule has 3 aromatic rings. The van der Waals surface area contributed by atoms with Crippen LogP contribution in [0.5, 0.6) is 0 Å². The number of nitrogens with two attached hydrogens (primary N) is 1. The van der Waals surface area contributed by atoms with Crippen LogP contribution in [0.15, 0.2) is 41.8 Å². The highest BCUT2D eigenvalue weighted by Crippen LogP contribution is 2.24. The van der Waals surface area contributed by atoms with E-state index >= 15 is 0 Å². The minimum Gasteiger partial charge on any atom is -0.461 e. The maximum atomic E-state index is 11.7. The third-order valence-corrected chi connectivity index (χ3v) is 3.78. The lowest BCUT2D eigenvalue weighted by Gasteiger charge is -1.98. The first-order valence-corrected chi connectivity index (χ1v) is 7.61. The van der Waals surface area contributed by atoms with Gasteiger partial charge < -0.3 is 10.5 Å². The molecular weight excluding hydrogens is 300 g/mol. The Morgan fingerprint density at radius 1 is 1.36 bits per heavy atom. The Labute approximate surface area is 131 Å². The third-order valence-electron chi connectivity index (χ3n) is 2.96. The van der Waals surface area contributed by atoms with Crippen molar-refractivity contribution in [3.8, 4) is 16.4 Å². The Morgan fingerprint density at radius 3 is 2.86 bits per heavy atom. The average Bonchev–Trinajstić information content (AvgIpc) is 3.15. The molecule has 2 N–H and O–H groups in total. The first kappa shape index (κ1) is 14.3. The van der Waals surface area contributed by atoms with Gasteiger partial charge in [0, 0.05) is 17.0 Å². The number of benzene rings is 1. The van der Waals surface area contributed by atoms with Gasteiger partial charge in [-0.15, -0.1) is 11.3 Å². The zero-order valence-corrected chi connectivity index (χ0v) is 12.7. The molecule has 0 radical (unpaired) electrons. The Balaban J connectivity index is 1.93. The molecule has 0 unspecified atom stereocenters. The Hall–Kier alpha value is -2.67. The monoisotopic (exact) mass is 314 g/mol. The van der Waals surface area contributed by atoms with Gasteiger partial charge in [0.05, 0.1) is 12.3 Å². The molecule has 0 fully saturated rings. The second-order valence-corrected chi connectivity index (χ2v) is 5.30. The van der Waals surface area contributed by atoms with Crippen LogP contribution in [0.3, 0.4) is 0 Å². The first-order chi connectivity index (χ1) is 10.7. The lowest BCUT2D eigenvalue weighted by molar-refractivity contribution is 0.0520. The highest BCUT2D eigenvalue weighted by molar-refractivity contribution is 7.12. The molecule has 2 aromatic heterocycles. The zero-order valence-electron chi connectivity index (χ0n) is 11.9. The fraction of sp³-hybridized carbons (Fsp3) is 0.133. The van der Waals surface area contributed by atoms with E-state index in [-0.39, 0.29) is 5.69 Å². The van der Waals surface area contributed by atoms with E-state index in [1.165, 1.54) is 16.0 Å². The number of anilines is 1. The topological polar surface area (TPSA) is 83.0 Å². The molecule has 1 aromatic carbocycles. The minimum absolute atomic E-state index is 0.262. The van der Waals surface area contributed by atoms with Crippen molar-refractivity contribution in [2.45, 2.75) is 6.92 Å². The molecule has 0 bridgehead atoms. The van der Waals surface area contributed by atoms with Crippen molar-refractivity contribution in [3.63, 3.8) is 0 Å². The van der Waals surface area contributed by atoms with Crippen LogP contribution in [0.4, 0.5) is 5.82 Å². The molecule has 0 aliphatic carbocycles. The Kier molecular flexibility index (Phi) is 3.88. The number of nitrogens with zero attached hydrogens (tertiary/aromatic N) is 3. The number of nitrogen functional groups attached to an aromatic ring is 1. The van der Waals surface area contributed by atoms with Gasteiger partial charge >= 0.3 is 5.97 Å². The lowest BCUT2D eigenvalue weighted by Crippen LogP contribution is -2.06. The van der Waals surface area contributed by atoms with Crippen molar-refractivity contribution < 1.29 is 9.53 Å². The van der Waals surface area contributed by atoms with Crippen LogP contribution >= 0.6 is 11.3 Å². The van der Waals surface area contributed by atoms with Crippen molar-refractivity contribution in [2.75, 3.05) is 12.3 Å². The first-order valence-electron chi connectivity index (χ1n) is 6.73. The van der Waals surface area contributed by atoms with Crippen LogP contribution < -0.4 is 5.73 Å². The maximum absolute atomic E-state index is 11.7. The molecule has 0 spiro atoms. The molecule has 7 heteroatoms. The second kappa shape index (κ2) is 5.98. The van der Waals surface area contributed by atoms with E-state index in [0.29, 0.717) is 17.6 Å². The summed E-state index contributed by atoms with van der Waals surface area (Å²) in [5, 5.41) is 6.62. The summed E-state index contributed by atoms with van der Waals surface area (Å²) in [5.74, 6) is 0.0163. The Bertz CT molecular complexity index is 795. The number of rotatable bonds is 4. The fourth-order valence-electron chi connectivity index (χ4n) is 1.96. The molecule has 0 aliphatic rings. The predicted molar refractivity (Wildman–Crippen MR) is 85.0 cm³/mol. The van der Waals surface area contributed by atoms with Gasteiger partial charge in [0.15, 0.2) is 5.69 Å². The summed E-state index contributed by atoms with van der Waals surface area (Å²) in [4.78, 5) is 15.9. The molecule has 0 saturated carbocycles. The fourth-order valence-corrected chi connectivity index (χ4v) is 2.72. The van der Waals surface area contributed by atoms with Crippen LogP contribution in [-0.2, 0) is 4.74 Å². The Morgan fingerprint density at radius 2 is 2.14 bits per heavy atom. The van der Waals surface area contributed by atoms with Crippen LogP contribution in [0.25, 0.3) is 16.4 Å². The van der Waals surface area contributed by atoms with Crippen molar-refractivity contribution in [1.29, 1.82) is 0 Å². The summed E-state index contributed by atoms with van der Waals surface area (Å²) in [5.41, 5.74) is 7.99. The van der Waals surface area contributed by atoms with Gasteiger partial charge in [-0.2, -0.15) is 9.78 Å². The van der Waals surface area contributed by atoms with Gasteiger partial charge in [-0.25, -0.2) is 9.78 Å². The normalized spacial score (nSPS) is 10.6. The molecular formula is C15H14N4O2S. The van der Waals surface area contributed by atoms with E-state index in [2.05, 4.69) is 10.1 Å². The van der Waals surface area contributed by atoms with Crippen LogP contribution in [-0.4, -0.2) is 27.3 Å². The molecule has 0 aliphatic heterocycles. The van der Waals surface area contributed by atoms with Gasteiger partial charge in [-0.05, 0) is 6.92 Å². The lowest BCUT2D eigenvalue weighted by atomic mass is 10.2. The minimum atomic E-state index is -0.445. The van der Waals surface area contributed by atoms with E-state index < -0.39 is 5.97 Å². The van der Waals surface area contributed by atoms with Gasteiger partial charge in [-0.1, -0.05) is 30.3 Å². The second-order valence-electron chi connectivity index (χ2n) is 4.47. The maximum Gasteiger partial charge on any atom is 0.357 e. The van der Waals surface area contributed by atoms with Gasteiger partial charge in [-0.3, -0.25) is 0 Å². The van der Waals surface area contributed by atoms with Crippen molar-refractivity contribution in [1.82, 2.24) is 14.8 Å². The summed E-state index contributed by atoms with van der Waals surface area (Å²) in [6.07, 6.45) is 0. The van der Waals surface area contributed by atoms with Crippen LogP contribution in [0.1, 0.15) is 17.4 Å². The molecule has 6 nitrogen and oxygen atoms in total. The summed E-state index contributed by atoms with van der Waals surface area (Å²) in [6, 6.07) is 11.5. The number of esters is 1. The number of hydrogen-bond acceptors (Lipinski definition) is 6. The smallest absolute Gasteiger partial charge is 0.357 e. The number of thiazole rings is 1. The SMILES string of the molecule is CCOC(=O)c1csc(-n2nc(-c3ccccc3)cc2N)n1. The van der Waals surface area contributed by atoms with Crippen molar-refractivity contribution in [2.24, 2.45) is 0 Å². The number of hydrogen-bond donors (Lipinski definition) is 1. The highest BCUT2D eigenvalue weighted by Gasteiger charge is 2.15. The molecule has 3 rings (SSSR count). The predicted octanol–water partition coefficient (Wildman–Crippen LogP) is 2.75. The van der Waals surface area contributed by atoms with Gasteiger partial charge in [0.2, 0.25) is 5.13 Å². The van der Waals surface area contributed by atoms with Crippen LogP contribution in [0, 0.1) is 0 Å². The third kappa shape index (κ3) is 2.71. The summed E-state index contributed by atoms with van der Waals surface area (Å²) in [6.45, 7) is 2.07. The standard InChI is InChI=1S/C15H14N4O2S/c1-2-21-14(20)12-9-22-15(17-12)19-13(16)8-11(18-19)10-6-4-3-5-7-10/h3-9H,2,16H2,1H3. The van der Waals surface area contributed by atoms with Crippen molar-refractivity contribution in [3.05, 3.63) is 47.5 Å². The molecule has 22 heavy (non-hydrogen) atoms. The molecule has 0 amide bonds. The summed E-state index contributed by atoms with van der Waals surface area (Å²) in [7, 11) is 0.